The number of rotatable bonds is 9. The van der Waals surface area contributed by atoms with E-state index in [-0.39, 0.29) is 24.8 Å². The fourth-order valence-electron chi connectivity index (χ4n) is 3.08. The van der Waals surface area contributed by atoms with Crippen molar-refractivity contribution in [3.8, 4) is 5.75 Å². The largest absolute Gasteiger partial charge is 0.493 e. The Balaban J connectivity index is 1.57. The van der Waals surface area contributed by atoms with Crippen molar-refractivity contribution in [3.05, 3.63) is 54.1 Å². The molecule has 2 aromatic carbocycles. The summed E-state index contributed by atoms with van der Waals surface area (Å²) in [4.78, 5) is 38.5. The zero-order valence-electron chi connectivity index (χ0n) is 16.6. The predicted octanol–water partition coefficient (Wildman–Crippen LogP) is 2.91. The average Bonchev–Trinajstić information content (AvgIpc) is 3.28. The molecule has 0 radical (unpaired) electrons. The molecule has 2 aromatic rings. The van der Waals surface area contributed by atoms with Crippen LogP contribution in [0.5, 0.6) is 5.75 Å². The second-order valence-electron chi connectivity index (χ2n) is 6.92. The normalized spacial score (nSPS) is 13.1. The van der Waals surface area contributed by atoms with Crippen molar-refractivity contribution in [1.82, 2.24) is 4.90 Å². The minimum Gasteiger partial charge on any atom is -0.493 e. The van der Waals surface area contributed by atoms with Gasteiger partial charge in [-0.3, -0.25) is 14.4 Å². The number of anilines is 1. The standard InChI is InChI=1S/C22H25N3O4S/c23-20(26)11-14-29-17-9-7-16(8-10-17)24-22(28)18-5-1-2-6-19(18)30-15-21(27)25-12-3-4-13-25/h1-2,5-10H,3-4,11-15H2,(H2,23,26)(H,24,28). The number of hydrogen-bond donors (Lipinski definition) is 2. The quantitative estimate of drug-likeness (QED) is 0.599. The van der Waals surface area contributed by atoms with Crippen LogP contribution < -0.4 is 15.8 Å². The second-order valence-corrected chi connectivity index (χ2v) is 7.93. The van der Waals surface area contributed by atoms with Crippen LogP contribution >= 0.6 is 11.8 Å². The number of carbonyl (C=O) groups excluding carboxylic acids is 3. The molecule has 7 nitrogen and oxygen atoms in total. The molecule has 3 amide bonds. The van der Waals surface area contributed by atoms with Gasteiger partial charge >= 0.3 is 0 Å². The molecular formula is C22H25N3O4S. The number of nitrogens with one attached hydrogen (secondary N) is 1. The molecule has 1 aliphatic heterocycles. The van der Waals surface area contributed by atoms with Crippen LogP contribution in [0.25, 0.3) is 0 Å². The van der Waals surface area contributed by atoms with Gasteiger partial charge in [0.1, 0.15) is 5.75 Å². The van der Waals surface area contributed by atoms with E-state index in [2.05, 4.69) is 5.32 Å². The number of benzene rings is 2. The van der Waals surface area contributed by atoms with Gasteiger partial charge in [-0.2, -0.15) is 0 Å². The highest BCUT2D eigenvalue weighted by atomic mass is 32.2. The van der Waals surface area contributed by atoms with Crippen molar-refractivity contribution in [2.75, 3.05) is 30.8 Å². The number of primary amides is 1. The minimum atomic E-state index is -0.419. The lowest BCUT2D eigenvalue weighted by Gasteiger charge is -2.15. The number of nitrogens with two attached hydrogens (primary N) is 1. The topological polar surface area (TPSA) is 102 Å². The third-order valence-corrected chi connectivity index (χ3v) is 5.73. The summed E-state index contributed by atoms with van der Waals surface area (Å²) in [5.74, 6) is 0.360. The molecule has 0 aliphatic carbocycles. The van der Waals surface area contributed by atoms with E-state index in [1.807, 2.05) is 17.0 Å². The van der Waals surface area contributed by atoms with E-state index in [1.165, 1.54) is 11.8 Å². The number of carbonyl (C=O) groups is 3. The summed E-state index contributed by atoms with van der Waals surface area (Å²) in [5, 5.41) is 2.87. The van der Waals surface area contributed by atoms with Crippen LogP contribution in [-0.2, 0) is 9.59 Å². The second kappa shape index (κ2) is 10.7. The van der Waals surface area contributed by atoms with Crippen LogP contribution in [0.15, 0.2) is 53.4 Å². The Morgan fingerprint density at radius 3 is 2.43 bits per heavy atom. The lowest BCUT2D eigenvalue weighted by molar-refractivity contribution is -0.127. The van der Waals surface area contributed by atoms with E-state index < -0.39 is 5.91 Å². The molecule has 0 saturated carbocycles. The molecule has 1 heterocycles. The van der Waals surface area contributed by atoms with E-state index >= 15 is 0 Å². The molecule has 1 aliphatic rings. The number of likely N-dealkylation sites (tertiary alicyclic amines) is 1. The molecule has 3 rings (SSSR count). The van der Waals surface area contributed by atoms with Gasteiger partial charge < -0.3 is 20.7 Å². The summed E-state index contributed by atoms with van der Waals surface area (Å²) >= 11 is 1.38. The SMILES string of the molecule is NC(=O)CCOc1ccc(NC(=O)c2ccccc2SCC(=O)N2CCCC2)cc1. The van der Waals surface area contributed by atoms with E-state index in [0.29, 0.717) is 22.8 Å². The fraction of sp³-hybridized carbons (Fsp3) is 0.318. The first-order valence-electron chi connectivity index (χ1n) is 9.85. The Morgan fingerprint density at radius 2 is 1.73 bits per heavy atom. The Hall–Kier alpha value is -3.00. The fourth-order valence-corrected chi connectivity index (χ4v) is 4.03. The van der Waals surface area contributed by atoms with Crippen LogP contribution in [0.3, 0.4) is 0 Å². The first-order chi connectivity index (χ1) is 14.5. The van der Waals surface area contributed by atoms with Crippen molar-refractivity contribution < 1.29 is 19.1 Å². The predicted molar refractivity (Wildman–Crippen MR) is 117 cm³/mol. The lowest BCUT2D eigenvalue weighted by atomic mass is 10.2. The zero-order valence-corrected chi connectivity index (χ0v) is 17.5. The highest BCUT2D eigenvalue weighted by molar-refractivity contribution is 8.00. The Morgan fingerprint density at radius 1 is 1.03 bits per heavy atom. The van der Waals surface area contributed by atoms with E-state index in [4.69, 9.17) is 10.5 Å². The van der Waals surface area contributed by atoms with Gasteiger partial charge in [-0.25, -0.2) is 0 Å². The first-order valence-corrected chi connectivity index (χ1v) is 10.8. The molecule has 0 spiro atoms. The molecule has 1 fully saturated rings. The first kappa shape index (κ1) is 21.7. The summed E-state index contributed by atoms with van der Waals surface area (Å²) in [6.45, 7) is 1.86. The number of hydrogen-bond acceptors (Lipinski definition) is 5. The van der Waals surface area contributed by atoms with Crippen LogP contribution in [0.2, 0.25) is 0 Å². The lowest BCUT2D eigenvalue weighted by Crippen LogP contribution is -2.29. The summed E-state index contributed by atoms with van der Waals surface area (Å²) in [6.07, 6.45) is 2.27. The van der Waals surface area contributed by atoms with Gasteiger partial charge in [0.05, 0.1) is 24.3 Å². The highest BCUT2D eigenvalue weighted by Crippen LogP contribution is 2.25. The zero-order chi connectivity index (χ0) is 21.3. The van der Waals surface area contributed by atoms with Crippen molar-refractivity contribution in [2.45, 2.75) is 24.2 Å². The van der Waals surface area contributed by atoms with Crippen molar-refractivity contribution >= 4 is 35.2 Å². The third kappa shape index (κ3) is 6.25. The summed E-state index contributed by atoms with van der Waals surface area (Å²) < 4.78 is 5.42. The monoisotopic (exact) mass is 427 g/mol. The van der Waals surface area contributed by atoms with Gasteiger partial charge in [-0.05, 0) is 49.2 Å². The minimum absolute atomic E-state index is 0.111. The van der Waals surface area contributed by atoms with Gasteiger partial charge in [0.2, 0.25) is 11.8 Å². The molecule has 8 heteroatoms. The van der Waals surface area contributed by atoms with Gasteiger partial charge in [0, 0.05) is 23.7 Å². The van der Waals surface area contributed by atoms with Crippen molar-refractivity contribution in [2.24, 2.45) is 5.73 Å². The molecule has 158 valence electrons. The maximum Gasteiger partial charge on any atom is 0.256 e. The van der Waals surface area contributed by atoms with Crippen LogP contribution in [0.1, 0.15) is 29.6 Å². The Labute approximate surface area is 180 Å². The average molecular weight is 428 g/mol. The van der Waals surface area contributed by atoms with Gasteiger partial charge in [-0.1, -0.05) is 12.1 Å². The van der Waals surface area contributed by atoms with E-state index in [0.717, 1.165) is 30.8 Å². The number of nitrogens with zero attached hydrogens (tertiary/aromatic N) is 1. The highest BCUT2D eigenvalue weighted by Gasteiger charge is 2.19. The smallest absolute Gasteiger partial charge is 0.256 e. The van der Waals surface area contributed by atoms with Gasteiger partial charge in [0.25, 0.3) is 5.91 Å². The van der Waals surface area contributed by atoms with Crippen molar-refractivity contribution in [3.63, 3.8) is 0 Å². The van der Waals surface area contributed by atoms with Gasteiger partial charge in [0.15, 0.2) is 0 Å². The molecule has 0 bridgehead atoms. The van der Waals surface area contributed by atoms with Crippen molar-refractivity contribution in [1.29, 1.82) is 0 Å². The Bertz CT molecular complexity index is 896. The molecule has 3 N–H and O–H groups in total. The van der Waals surface area contributed by atoms with E-state index in [1.54, 1.807) is 36.4 Å². The maximum atomic E-state index is 12.8. The molecule has 30 heavy (non-hydrogen) atoms. The van der Waals surface area contributed by atoms with Gasteiger partial charge in [-0.15, -0.1) is 11.8 Å². The number of ether oxygens (including phenoxy) is 1. The van der Waals surface area contributed by atoms with Crippen LogP contribution in [-0.4, -0.2) is 48.1 Å². The van der Waals surface area contributed by atoms with E-state index in [9.17, 15) is 14.4 Å². The molecular weight excluding hydrogens is 402 g/mol. The molecule has 0 aromatic heterocycles. The Kier molecular flexibility index (Phi) is 7.73. The van der Waals surface area contributed by atoms with Crippen LogP contribution in [0, 0.1) is 0 Å². The van der Waals surface area contributed by atoms with Crippen LogP contribution in [0.4, 0.5) is 5.69 Å². The summed E-state index contributed by atoms with van der Waals surface area (Å²) in [6, 6.07) is 14.1. The molecule has 1 saturated heterocycles. The summed E-state index contributed by atoms with van der Waals surface area (Å²) in [7, 11) is 0. The number of thioether (sulfide) groups is 1. The maximum absolute atomic E-state index is 12.8. The number of amides is 3. The third-order valence-electron chi connectivity index (χ3n) is 4.67. The molecule has 0 atom stereocenters. The molecule has 0 unspecified atom stereocenters. The summed E-state index contributed by atoms with van der Waals surface area (Å²) in [5.41, 5.74) is 6.23.